The Balaban J connectivity index is 2.09. The molecule has 0 bridgehead atoms. The summed E-state index contributed by atoms with van der Waals surface area (Å²) >= 11 is 0. The number of carbonyl (C=O) groups excluding carboxylic acids is 1. The maximum absolute atomic E-state index is 13.8. The molecule has 1 aliphatic heterocycles. The normalized spacial score (nSPS) is 31.4. The lowest BCUT2D eigenvalue weighted by Crippen LogP contribution is -2.29. The van der Waals surface area contributed by atoms with E-state index in [1.54, 1.807) is 0 Å². The Hall–Kier alpha value is -1.66. The van der Waals surface area contributed by atoms with Crippen LogP contribution >= 0.6 is 7.14 Å². The quantitative estimate of drug-likeness (QED) is 0.771. The van der Waals surface area contributed by atoms with Crippen molar-refractivity contribution < 1.29 is 9.36 Å². The van der Waals surface area contributed by atoms with E-state index in [-0.39, 0.29) is 11.7 Å². The average Bonchev–Trinajstić information content (AvgIpc) is 2.70. The summed E-state index contributed by atoms with van der Waals surface area (Å²) in [6.45, 7) is 3.80. The van der Waals surface area contributed by atoms with E-state index in [4.69, 9.17) is 0 Å². The van der Waals surface area contributed by atoms with E-state index in [2.05, 4.69) is 0 Å². The SMILES string of the molecule is C[C@H]1C[P@](=O)(Cc2ccccc2)[C@@](C)(c2ccccc2)C1=O. The first-order valence-electron chi connectivity index (χ1n) is 7.69. The Morgan fingerprint density at radius 3 is 2.18 bits per heavy atom. The van der Waals surface area contributed by atoms with Crippen LogP contribution in [0.25, 0.3) is 0 Å². The Kier molecular flexibility index (Phi) is 3.82. The van der Waals surface area contributed by atoms with Crippen molar-refractivity contribution in [1.29, 1.82) is 0 Å². The Bertz CT molecular complexity index is 724. The number of benzene rings is 2. The topological polar surface area (TPSA) is 34.1 Å². The largest absolute Gasteiger partial charge is 0.322 e. The number of carbonyl (C=O) groups is 1. The Morgan fingerprint density at radius 2 is 1.59 bits per heavy atom. The lowest BCUT2D eigenvalue weighted by Gasteiger charge is -2.31. The molecule has 0 saturated carbocycles. The molecule has 2 nitrogen and oxygen atoms in total. The minimum atomic E-state index is -2.70. The zero-order valence-corrected chi connectivity index (χ0v) is 13.9. The molecule has 0 aromatic heterocycles. The van der Waals surface area contributed by atoms with E-state index >= 15 is 0 Å². The molecule has 0 unspecified atom stereocenters. The summed E-state index contributed by atoms with van der Waals surface area (Å²) in [5.41, 5.74) is 1.94. The summed E-state index contributed by atoms with van der Waals surface area (Å²) in [5, 5.41) is -0.858. The molecular weight excluding hydrogens is 291 g/mol. The fourth-order valence-corrected chi connectivity index (χ4v) is 7.53. The highest BCUT2D eigenvalue weighted by Crippen LogP contribution is 2.71. The van der Waals surface area contributed by atoms with Crippen molar-refractivity contribution in [2.24, 2.45) is 5.92 Å². The summed E-state index contributed by atoms with van der Waals surface area (Å²) in [6, 6.07) is 19.5. The van der Waals surface area contributed by atoms with Gasteiger partial charge >= 0.3 is 0 Å². The highest BCUT2D eigenvalue weighted by Gasteiger charge is 2.58. The third kappa shape index (κ3) is 2.27. The predicted molar refractivity (Wildman–Crippen MR) is 90.6 cm³/mol. The summed E-state index contributed by atoms with van der Waals surface area (Å²) in [7, 11) is -2.70. The van der Waals surface area contributed by atoms with Gasteiger partial charge in [0, 0.05) is 18.2 Å². The Labute approximate surface area is 131 Å². The molecule has 1 fully saturated rings. The highest BCUT2D eigenvalue weighted by atomic mass is 31.2. The third-order valence-corrected chi connectivity index (χ3v) is 9.05. The van der Waals surface area contributed by atoms with E-state index in [1.165, 1.54) is 0 Å². The lowest BCUT2D eigenvalue weighted by atomic mass is 9.90. The lowest BCUT2D eigenvalue weighted by molar-refractivity contribution is -0.123. The van der Waals surface area contributed by atoms with Crippen molar-refractivity contribution in [3.63, 3.8) is 0 Å². The van der Waals surface area contributed by atoms with Gasteiger partial charge in [0.1, 0.15) is 12.3 Å². The first-order valence-corrected chi connectivity index (χ1v) is 9.77. The van der Waals surface area contributed by atoms with Crippen LogP contribution < -0.4 is 0 Å². The number of hydrogen-bond acceptors (Lipinski definition) is 2. The van der Waals surface area contributed by atoms with Gasteiger partial charge in [-0.25, -0.2) is 0 Å². The minimum Gasteiger partial charge on any atom is -0.322 e. The molecule has 0 amide bonds. The second-order valence-electron chi connectivity index (χ2n) is 6.42. The van der Waals surface area contributed by atoms with Gasteiger partial charge in [-0.1, -0.05) is 67.6 Å². The number of ketones is 1. The van der Waals surface area contributed by atoms with Crippen LogP contribution in [0, 0.1) is 5.92 Å². The molecule has 3 atom stereocenters. The van der Waals surface area contributed by atoms with Crippen LogP contribution in [0.3, 0.4) is 0 Å². The van der Waals surface area contributed by atoms with Crippen molar-refractivity contribution in [1.82, 2.24) is 0 Å². The molecule has 0 radical (unpaired) electrons. The minimum absolute atomic E-state index is 0.123. The van der Waals surface area contributed by atoms with Crippen LogP contribution in [0.15, 0.2) is 60.7 Å². The van der Waals surface area contributed by atoms with Gasteiger partial charge < -0.3 is 4.57 Å². The summed E-state index contributed by atoms with van der Waals surface area (Å²) in [6.07, 6.45) is 1.00. The van der Waals surface area contributed by atoms with Gasteiger partial charge in [-0.3, -0.25) is 4.79 Å². The first-order chi connectivity index (χ1) is 10.5. The van der Waals surface area contributed by atoms with Gasteiger partial charge in [0.15, 0.2) is 5.78 Å². The van der Waals surface area contributed by atoms with E-state index in [0.29, 0.717) is 12.3 Å². The smallest absolute Gasteiger partial charge is 0.153 e. The summed E-state index contributed by atoms with van der Waals surface area (Å²) in [4.78, 5) is 12.9. The highest BCUT2D eigenvalue weighted by molar-refractivity contribution is 7.66. The van der Waals surface area contributed by atoms with Crippen LogP contribution in [-0.2, 0) is 20.7 Å². The first kappa shape index (κ1) is 15.2. The van der Waals surface area contributed by atoms with Gasteiger partial charge in [0.25, 0.3) is 0 Å². The maximum Gasteiger partial charge on any atom is 0.153 e. The monoisotopic (exact) mass is 312 g/mol. The zero-order valence-electron chi connectivity index (χ0n) is 13.0. The molecule has 3 heteroatoms. The summed E-state index contributed by atoms with van der Waals surface area (Å²) < 4.78 is 13.8. The van der Waals surface area contributed by atoms with Crippen molar-refractivity contribution in [2.75, 3.05) is 6.16 Å². The van der Waals surface area contributed by atoms with E-state index in [9.17, 15) is 9.36 Å². The Morgan fingerprint density at radius 1 is 1.05 bits per heavy atom. The van der Waals surface area contributed by atoms with Crippen LogP contribution in [0.2, 0.25) is 0 Å². The molecule has 2 aromatic carbocycles. The van der Waals surface area contributed by atoms with Gasteiger partial charge in [0.05, 0.1) is 0 Å². The third-order valence-electron chi connectivity index (χ3n) is 4.93. The fraction of sp³-hybridized carbons (Fsp3) is 0.316. The molecule has 114 valence electrons. The molecule has 3 rings (SSSR count). The van der Waals surface area contributed by atoms with Gasteiger partial charge in [0.2, 0.25) is 0 Å². The van der Waals surface area contributed by atoms with E-state index < -0.39 is 12.3 Å². The van der Waals surface area contributed by atoms with Crippen LogP contribution in [0.5, 0.6) is 0 Å². The van der Waals surface area contributed by atoms with Gasteiger partial charge in [-0.05, 0) is 18.1 Å². The van der Waals surface area contributed by atoms with E-state index in [0.717, 1.165) is 11.1 Å². The molecule has 0 aliphatic carbocycles. The standard InChI is InChI=1S/C19H21O2P/c1-15-13-22(21,14-16-9-5-3-6-10-16)19(2,18(15)20)17-11-7-4-8-12-17/h3-12,15H,13-14H2,1-2H3/t15-,19-,22-/m0/s1. The number of rotatable bonds is 3. The number of hydrogen-bond donors (Lipinski definition) is 0. The van der Waals surface area contributed by atoms with Gasteiger partial charge in [-0.2, -0.15) is 0 Å². The average molecular weight is 312 g/mol. The van der Waals surface area contributed by atoms with Crippen LogP contribution in [0.4, 0.5) is 0 Å². The summed E-state index contributed by atoms with van der Waals surface area (Å²) in [5.74, 6) is -0.0160. The molecule has 1 heterocycles. The van der Waals surface area contributed by atoms with Crippen LogP contribution in [0.1, 0.15) is 25.0 Å². The fourth-order valence-electron chi connectivity index (χ4n) is 3.63. The van der Waals surface area contributed by atoms with Crippen molar-refractivity contribution >= 4 is 12.9 Å². The molecule has 2 aromatic rings. The molecule has 1 aliphatic rings. The molecule has 1 saturated heterocycles. The second kappa shape index (κ2) is 5.52. The molecule has 0 N–H and O–H groups in total. The zero-order chi connectivity index (χ0) is 15.8. The van der Waals surface area contributed by atoms with Crippen molar-refractivity contribution in [3.05, 3.63) is 71.8 Å². The second-order valence-corrected chi connectivity index (χ2v) is 9.77. The van der Waals surface area contributed by atoms with Crippen LogP contribution in [-0.4, -0.2) is 11.9 Å². The molecular formula is C19H21O2P. The van der Waals surface area contributed by atoms with E-state index in [1.807, 2.05) is 74.5 Å². The predicted octanol–water partition coefficient (Wildman–Crippen LogP) is 4.68. The van der Waals surface area contributed by atoms with Crippen molar-refractivity contribution in [2.45, 2.75) is 25.2 Å². The van der Waals surface area contributed by atoms with Gasteiger partial charge in [-0.15, -0.1) is 0 Å². The molecule has 0 spiro atoms. The molecule has 22 heavy (non-hydrogen) atoms. The number of Topliss-reactive ketones (excluding diaryl/α,β-unsaturated/α-hetero) is 1. The maximum atomic E-state index is 13.8. The van der Waals surface area contributed by atoms with Crippen molar-refractivity contribution in [3.8, 4) is 0 Å².